The van der Waals surface area contributed by atoms with Crippen LogP contribution in [0.1, 0.15) is 26.7 Å². The lowest BCUT2D eigenvalue weighted by Crippen LogP contribution is -2.38. The van der Waals surface area contributed by atoms with E-state index in [0.29, 0.717) is 17.1 Å². The summed E-state index contributed by atoms with van der Waals surface area (Å²) in [5.41, 5.74) is 5.30. The quantitative estimate of drug-likeness (QED) is 0.600. The Balaban J connectivity index is 3.83. The Morgan fingerprint density at radius 1 is 1.58 bits per heavy atom. The van der Waals surface area contributed by atoms with Crippen LogP contribution in [0.2, 0.25) is 0 Å². The van der Waals surface area contributed by atoms with Crippen molar-refractivity contribution in [3.63, 3.8) is 0 Å². The Morgan fingerprint density at radius 3 is 2.42 bits per heavy atom. The van der Waals surface area contributed by atoms with Gasteiger partial charge in [-0.3, -0.25) is 0 Å². The van der Waals surface area contributed by atoms with Crippen molar-refractivity contribution in [1.29, 1.82) is 0 Å². The minimum atomic E-state index is -3.95. The van der Waals surface area contributed by atoms with Gasteiger partial charge in [0.15, 0.2) is 0 Å². The Bertz CT molecular complexity index is 180. The number of nitrogens with two attached hydrogens (primary N) is 1. The van der Waals surface area contributed by atoms with Crippen molar-refractivity contribution in [2.24, 2.45) is 5.73 Å². The van der Waals surface area contributed by atoms with E-state index in [2.05, 4.69) is 0 Å². The van der Waals surface area contributed by atoms with Crippen LogP contribution in [0.3, 0.4) is 0 Å². The first-order chi connectivity index (χ1) is 5.27. The first kappa shape index (κ1) is 12.5. The largest absolute Gasteiger partial charge is 0.384 e. The van der Waals surface area contributed by atoms with Gasteiger partial charge in [-0.25, -0.2) is 4.57 Å². The van der Waals surface area contributed by atoms with Crippen molar-refractivity contribution in [2.75, 3.05) is 5.75 Å². The molecule has 0 spiro atoms. The molecule has 0 amide bonds. The average molecular weight is 213 g/mol. The zero-order chi connectivity index (χ0) is 9.83. The molecule has 0 aliphatic rings. The predicted molar refractivity (Wildman–Crippen MR) is 52.0 cm³/mol. The summed E-state index contributed by atoms with van der Waals surface area (Å²) in [6.45, 7) is -0.151. The van der Waals surface area contributed by atoms with E-state index in [1.807, 2.05) is 6.92 Å². The Hall–Kier alpha value is 0.460. The zero-order valence-corrected chi connectivity index (χ0v) is 9.07. The van der Waals surface area contributed by atoms with Gasteiger partial charge in [-0.2, -0.15) is 0 Å². The molecular weight excluding hydrogens is 197 g/mol. The molecule has 0 saturated heterocycles. The first-order valence-corrected chi connectivity index (χ1v) is 6.96. The fourth-order valence-corrected chi connectivity index (χ4v) is 2.87. The molecular formula is C6H16NO3PS. The summed E-state index contributed by atoms with van der Waals surface area (Å²) in [4.78, 5) is 17.1. The van der Waals surface area contributed by atoms with Crippen molar-refractivity contribution in [2.45, 2.75) is 32.2 Å². The van der Waals surface area contributed by atoms with Crippen LogP contribution >= 0.6 is 18.2 Å². The monoisotopic (exact) mass is 213 g/mol. The number of hydrogen-bond acceptors (Lipinski definition) is 3. The topological polar surface area (TPSA) is 83.6 Å². The summed E-state index contributed by atoms with van der Waals surface area (Å²) < 4.78 is 10.5. The third kappa shape index (κ3) is 7.13. The molecule has 0 fully saturated rings. The molecule has 1 atom stereocenters. The summed E-state index contributed by atoms with van der Waals surface area (Å²) in [5, 5.41) is 0. The summed E-state index contributed by atoms with van der Waals surface area (Å²) in [6, 6.07) is 0. The van der Waals surface area contributed by atoms with Crippen molar-refractivity contribution in [3.8, 4) is 0 Å². The lowest BCUT2D eigenvalue weighted by atomic mass is 10.0. The fraction of sp³-hybridized carbons (Fsp3) is 1.00. The van der Waals surface area contributed by atoms with Gasteiger partial charge in [0.05, 0.1) is 0 Å². The van der Waals surface area contributed by atoms with Gasteiger partial charge in [0.25, 0.3) is 0 Å². The summed E-state index contributed by atoms with van der Waals surface area (Å²) in [6.07, 6.45) is 1.70. The van der Waals surface area contributed by atoms with Crippen LogP contribution in [0.5, 0.6) is 0 Å². The van der Waals surface area contributed by atoms with Gasteiger partial charge in [-0.05, 0) is 24.7 Å². The molecule has 74 valence electrons. The summed E-state index contributed by atoms with van der Waals surface area (Å²) in [7, 11) is 0. The first-order valence-electron chi connectivity index (χ1n) is 3.76. The highest BCUT2D eigenvalue weighted by Gasteiger charge is 2.23. The van der Waals surface area contributed by atoms with E-state index >= 15 is 0 Å². The molecule has 1 unspecified atom stereocenters. The zero-order valence-electron chi connectivity index (χ0n) is 7.36. The van der Waals surface area contributed by atoms with Gasteiger partial charge >= 0.3 is 6.80 Å². The average Bonchev–Trinajstić information content (AvgIpc) is 1.83. The SMILES string of the molecule is CCCC(C)(N)CSP(=O)(O)O. The van der Waals surface area contributed by atoms with Crippen LogP contribution in [0, 0.1) is 0 Å². The molecule has 0 saturated carbocycles. The molecule has 4 nitrogen and oxygen atoms in total. The minimum Gasteiger partial charge on any atom is -0.325 e. The van der Waals surface area contributed by atoms with E-state index in [0.717, 1.165) is 12.8 Å². The highest BCUT2D eigenvalue weighted by molar-refractivity contribution is 8.54. The lowest BCUT2D eigenvalue weighted by molar-refractivity contribution is 0.396. The normalized spacial score (nSPS) is 17.4. The molecule has 0 heterocycles. The van der Waals surface area contributed by atoms with Crippen LogP contribution in [0.4, 0.5) is 0 Å². The summed E-state index contributed by atoms with van der Waals surface area (Å²) >= 11 is 0.622. The van der Waals surface area contributed by atoms with Gasteiger partial charge < -0.3 is 15.5 Å². The molecule has 0 aliphatic heterocycles. The molecule has 0 bridgehead atoms. The molecule has 0 rings (SSSR count). The summed E-state index contributed by atoms with van der Waals surface area (Å²) in [5.74, 6) is 0.297. The second-order valence-electron chi connectivity index (χ2n) is 3.17. The maximum Gasteiger partial charge on any atom is 0.384 e. The second kappa shape index (κ2) is 4.63. The Morgan fingerprint density at radius 2 is 2.08 bits per heavy atom. The Kier molecular flexibility index (Phi) is 4.81. The lowest BCUT2D eigenvalue weighted by Gasteiger charge is -2.23. The minimum absolute atomic E-state index is 0.297. The predicted octanol–water partition coefficient (Wildman–Crippen LogP) is 1.33. The maximum absolute atomic E-state index is 10.5. The van der Waals surface area contributed by atoms with Crippen LogP contribution < -0.4 is 5.73 Å². The van der Waals surface area contributed by atoms with E-state index in [-0.39, 0.29) is 0 Å². The highest BCUT2D eigenvalue weighted by atomic mass is 32.7. The van der Waals surface area contributed by atoms with E-state index in [1.54, 1.807) is 6.92 Å². The van der Waals surface area contributed by atoms with Crippen molar-refractivity contribution < 1.29 is 14.4 Å². The fourth-order valence-electron chi connectivity index (χ4n) is 0.875. The molecule has 0 aromatic heterocycles. The molecule has 0 aromatic rings. The second-order valence-corrected chi connectivity index (χ2v) is 6.90. The smallest absolute Gasteiger partial charge is 0.325 e. The molecule has 6 heteroatoms. The van der Waals surface area contributed by atoms with Crippen molar-refractivity contribution in [1.82, 2.24) is 0 Å². The van der Waals surface area contributed by atoms with Crippen LogP contribution in [0.15, 0.2) is 0 Å². The van der Waals surface area contributed by atoms with Gasteiger partial charge in [0, 0.05) is 11.3 Å². The number of hydrogen-bond donors (Lipinski definition) is 3. The molecule has 0 radical (unpaired) electrons. The van der Waals surface area contributed by atoms with Gasteiger partial charge in [0.1, 0.15) is 0 Å². The Labute approximate surface area is 76.8 Å². The number of rotatable bonds is 5. The highest BCUT2D eigenvalue weighted by Crippen LogP contribution is 2.51. The third-order valence-corrected chi connectivity index (χ3v) is 3.90. The van der Waals surface area contributed by atoms with E-state index in [1.165, 1.54) is 0 Å². The third-order valence-electron chi connectivity index (χ3n) is 1.38. The van der Waals surface area contributed by atoms with Crippen LogP contribution in [-0.4, -0.2) is 21.1 Å². The molecule has 0 aromatic carbocycles. The molecule has 0 aliphatic carbocycles. The van der Waals surface area contributed by atoms with Crippen molar-refractivity contribution >= 4 is 18.2 Å². The van der Waals surface area contributed by atoms with E-state index in [4.69, 9.17) is 15.5 Å². The van der Waals surface area contributed by atoms with Crippen LogP contribution in [-0.2, 0) is 4.57 Å². The van der Waals surface area contributed by atoms with Crippen molar-refractivity contribution in [3.05, 3.63) is 0 Å². The maximum atomic E-state index is 10.5. The van der Waals surface area contributed by atoms with E-state index in [9.17, 15) is 4.57 Å². The van der Waals surface area contributed by atoms with Crippen LogP contribution in [0.25, 0.3) is 0 Å². The standard InChI is InChI=1S/C6H16NO3PS/c1-3-4-6(2,7)5-12-11(8,9)10/h3-5,7H2,1-2H3,(H2,8,9,10). The van der Waals surface area contributed by atoms with E-state index < -0.39 is 12.3 Å². The van der Waals surface area contributed by atoms with Gasteiger partial charge in [-0.15, -0.1) is 0 Å². The van der Waals surface area contributed by atoms with Gasteiger partial charge in [-0.1, -0.05) is 13.3 Å². The molecule has 12 heavy (non-hydrogen) atoms. The van der Waals surface area contributed by atoms with Gasteiger partial charge in [0.2, 0.25) is 0 Å². The molecule has 4 N–H and O–H groups in total.